The molecule has 0 aromatic carbocycles. The van der Waals surface area contributed by atoms with Gasteiger partial charge in [0, 0.05) is 0 Å². The number of nitrogens with one attached hydrogen (secondary N) is 1. The number of carboxylic acid groups (broad SMARTS) is 1. The Morgan fingerprint density at radius 1 is 1.17 bits per heavy atom. The number of halogens is 6. The molecule has 2 unspecified atom stereocenters. The first-order chi connectivity index (χ1) is 7.85. The van der Waals surface area contributed by atoms with Gasteiger partial charge in [-0.3, -0.25) is 4.79 Å². The highest BCUT2D eigenvalue weighted by Gasteiger charge is 2.43. The summed E-state index contributed by atoms with van der Waals surface area (Å²) < 4.78 is 71.8. The number of alkyl halides is 6. The van der Waals surface area contributed by atoms with E-state index in [1.807, 2.05) is 0 Å². The molecular weight excluding hydrogens is 272 g/mol. The molecule has 0 fully saturated rings. The normalized spacial score (nSPS) is 15.9. The smallest absolute Gasteiger partial charge is 0.471 e. The lowest BCUT2D eigenvalue weighted by atomic mass is 10.0. The van der Waals surface area contributed by atoms with Gasteiger partial charge >= 0.3 is 24.2 Å². The van der Waals surface area contributed by atoms with E-state index >= 15 is 0 Å². The lowest BCUT2D eigenvalue weighted by Gasteiger charge is -2.21. The van der Waals surface area contributed by atoms with E-state index in [0.717, 1.165) is 5.32 Å². The van der Waals surface area contributed by atoms with Crippen LogP contribution in [-0.2, 0) is 9.59 Å². The maximum Gasteiger partial charge on any atom is 0.471 e. The number of aliphatic carboxylic acids is 1. The van der Waals surface area contributed by atoms with Crippen LogP contribution in [0.2, 0.25) is 0 Å². The molecule has 4 nitrogen and oxygen atoms in total. The minimum Gasteiger partial charge on any atom is -0.480 e. The second kappa shape index (κ2) is 5.44. The van der Waals surface area contributed by atoms with Gasteiger partial charge in [0.05, 0.1) is 5.92 Å². The maximum atomic E-state index is 12.1. The van der Waals surface area contributed by atoms with Crippen molar-refractivity contribution in [2.45, 2.75) is 31.7 Å². The molecule has 106 valence electrons. The number of carbonyl (C=O) groups is 2. The third-order valence-electron chi connectivity index (χ3n) is 2.01. The zero-order valence-corrected chi connectivity index (χ0v) is 8.89. The third kappa shape index (κ3) is 5.23. The molecule has 0 spiro atoms. The fourth-order valence-electron chi connectivity index (χ4n) is 0.949. The monoisotopic (exact) mass is 281 g/mol. The Bertz CT molecular complexity index is 324. The number of carboxylic acids is 1. The summed E-state index contributed by atoms with van der Waals surface area (Å²) in [6.45, 7) is 0.607. The first-order valence-electron chi connectivity index (χ1n) is 4.53. The SMILES string of the molecule is CC(CC(NC(=O)C(F)(F)F)C(=O)O)C(F)(F)F. The van der Waals surface area contributed by atoms with Crippen LogP contribution in [0.25, 0.3) is 0 Å². The standard InChI is InChI=1S/C8H9F6NO3/c1-3(7(9,10)11)2-4(5(16)17)15-6(18)8(12,13)14/h3-4H,2H2,1H3,(H,15,18)(H,16,17). The van der Waals surface area contributed by atoms with E-state index in [1.165, 1.54) is 0 Å². The highest BCUT2D eigenvalue weighted by atomic mass is 19.4. The van der Waals surface area contributed by atoms with Crippen molar-refractivity contribution in [3.05, 3.63) is 0 Å². The summed E-state index contributed by atoms with van der Waals surface area (Å²) in [5.74, 6) is -6.72. The lowest BCUT2D eigenvalue weighted by molar-refractivity contribution is -0.181. The molecule has 1 amide bonds. The van der Waals surface area contributed by atoms with Crippen molar-refractivity contribution in [1.29, 1.82) is 0 Å². The summed E-state index contributed by atoms with van der Waals surface area (Å²) in [4.78, 5) is 20.9. The number of carbonyl (C=O) groups excluding carboxylic acids is 1. The summed E-state index contributed by atoms with van der Waals surface area (Å²) >= 11 is 0. The number of hydrogen-bond donors (Lipinski definition) is 2. The van der Waals surface area contributed by atoms with Crippen molar-refractivity contribution in [2.75, 3.05) is 0 Å². The Balaban J connectivity index is 4.71. The predicted molar refractivity (Wildman–Crippen MR) is 45.5 cm³/mol. The second-order valence-corrected chi connectivity index (χ2v) is 3.54. The highest BCUT2D eigenvalue weighted by molar-refractivity contribution is 5.86. The molecule has 2 N–H and O–H groups in total. The van der Waals surface area contributed by atoms with Crippen LogP contribution in [-0.4, -0.2) is 35.4 Å². The summed E-state index contributed by atoms with van der Waals surface area (Å²) in [5, 5.41) is 9.45. The average molecular weight is 281 g/mol. The van der Waals surface area contributed by atoms with Crippen molar-refractivity contribution in [1.82, 2.24) is 5.32 Å². The van der Waals surface area contributed by atoms with Gasteiger partial charge in [0.25, 0.3) is 0 Å². The van der Waals surface area contributed by atoms with Gasteiger partial charge in [-0.2, -0.15) is 26.3 Å². The van der Waals surface area contributed by atoms with E-state index in [0.29, 0.717) is 6.92 Å². The van der Waals surface area contributed by atoms with Gasteiger partial charge < -0.3 is 10.4 Å². The molecule has 0 saturated carbocycles. The van der Waals surface area contributed by atoms with Crippen LogP contribution in [0.4, 0.5) is 26.3 Å². The molecule has 0 rings (SSSR count). The highest BCUT2D eigenvalue weighted by Crippen LogP contribution is 2.29. The molecule has 0 aromatic heterocycles. The largest absolute Gasteiger partial charge is 0.480 e. The summed E-state index contributed by atoms with van der Waals surface area (Å²) in [6.07, 6.45) is -11.3. The van der Waals surface area contributed by atoms with Crippen molar-refractivity contribution in [3.63, 3.8) is 0 Å². The van der Waals surface area contributed by atoms with E-state index in [-0.39, 0.29) is 0 Å². The molecule has 2 atom stereocenters. The van der Waals surface area contributed by atoms with Gasteiger partial charge in [-0.05, 0) is 6.42 Å². The Labute approximate surface area is 97.0 Å². The van der Waals surface area contributed by atoms with Crippen molar-refractivity contribution >= 4 is 11.9 Å². The van der Waals surface area contributed by atoms with Crippen LogP contribution >= 0.6 is 0 Å². The maximum absolute atomic E-state index is 12.1. The lowest BCUT2D eigenvalue weighted by Crippen LogP contribution is -2.48. The summed E-state index contributed by atoms with van der Waals surface area (Å²) in [7, 11) is 0. The van der Waals surface area contributed by atoms with E-state index in [2.05, 4.69) is 0 Å². The molecule has 10 heteroatoms. The topological polar surface area (TPSA) is 66.4 Å². The van der Waals surface area contributed by atoms with Gasteiger partial charge in [0.1, 0.15) is 6.04 Å². The first kappa shape index (κ1) is 16.5. The molecular formula is C8H9F6NO3. The Morgan fingerprint density at radius 2 is 1.61 bits per heavy atom. The van der Waals surface area contributed by atoms with Crippen LogP contribution in [0.1, 0.15) is 13.3 Å². The number of hydrogen-bond acceptors (Lipinski definition) is 2. The van der Waals surface area contributed by atoms with Crippen LogP contribution < -0.4 is 5.32 Å². The molecule has 0 radical (unpaired) electrons. The van der Waals surface area contributed by atoms with Crippen LogP contribution in [0.15, 0.2) is 0 Å². The fourth-order valence-corrected chi connectivity index (χ4v) is 0.949. The third-order valence-corrected chi connectivity index (χ3v) is 2.01. The average Bonchev–Trinajstić information content (AvgIpc) is 2.12. The summed E-state index contributed by atoms with van der Waals surface area (Å²) in [6, 6.07) is -2.25. The molecule has 0 saturated heterocycles. The molecule has 0 aliphatic carbocycles. The minimum atomic E-state index is -5.35. The molecule has 0 bridgehead atoms. The molecule has 18 heavy (non-hydrogen) atoms. The van der Waals surface area contributed by atoms with Gasteiger partial charge in [-0.15, -0.1) is 0 Å². The van der Waals surface area contributed by atoms with E-state index in [4.69, 9.17) is 5.11 Å². The van der Waals surface area contributed by atoms with Crippen molar-refractivity contribution in [2.24, 2.45) is 5.92 Å². The fraction of sp³-hybridized carbons (Fsp3) is 0.750. The van der Waals surface area contributed by atoms with Crippen molar-refractivity contribution in [3.8, 4) is 0 Å². The number of rotatable bonds is 4. The van der Waals surface area contributed by atoms with E-state index in [1.54, 1.807) is 0 Å². The van der Waals surface area contributed by atoms with E-state index in [9.17, 15) is 35.9 Å². The zero-order valence-electron chi connectivity index (χ0n) is 8.89. The first-order valence-corrected chi connectivity index (χ1v) is 4.53. The molecule has 0 heterocycles. The Morgan fingerprint density at radius 3 is 1.89 bits per heavy atom. The number of amides is 1. The van der Waals surface area contributed by atoms with Gasteiger partial charge in [0.2, 0.25) is 0 Å². The van der Waals surface area contributed by atoms with Crippen molar-refractivity contribution < 1.29 is 41.0 Å². The Hall–Kier alpha value is -1.48. The molecule has 0 aromatic rings. The Kier molecular flexibility index (Phi) is 4.99. The van der Waals surface area contributed by atoms with E-state index < -0.39 is 42.6 Å². The van der Waals surface area contributed by atoms with Gasteiger partial charge in [-0.1, -0.05) is 6.92 Å². The second-order valence-electron chi connectivity index (χ2n) is 3.54. The van der Waals surface area contributed by atoms with Gasteiger partial charge in [-0.25, -0.2) is 4.79 Å². The van der Waals surface area contributed by atoms with Crippen LogP contribution in [0, 0.1) is 5.92 Å². The van der Waals surface area contributed by atoms with Crippen LogP contribution in [0.5, 0.6) is 0 Å². The summed E-state index contributed by atoms with van der Waals surface area (Å²) in [5.41, 5.74) is 0. The molecule has 0 aliphatic heterocycles. The quantitative estimate of drug-likeness (QED) is 0.771. The van der Waals surface area contributed by atoms with Crippen LogP contribution in [0.3, 0.4) is 0 Å². The van der Waals surface area contributed by atoms with Gasteiger partial charge in [0.15, 0.2) is 0 Å². The zero-order chi connectivity index (χ0) is 14.7. The minimum absolute atomic E-state index is 0.607. The predicted octanol–water partition coefficient (Wildman–Crippen LogP) is 1.71. The molecule has 0 aliphatic rings.